The van der Waals surface area contributed by atoms with Crippen LogP contribution in [0.4, 0.5) is 0 Å². The predicted octanol–water partition coefficient (Wildman–Crippen LogP) is 4.75. The van der Waals surface area contributed by atoms with Crippen LogP contribution in [0.1, 0.15) is 65.0 Å². The Balaban J connectivity index is 0.00000265. The van der Waals surface area contributed by atoms with E-state index < -0.39 is 9.84 Å². The minimum Gasteiger partial charge on any atom is -0.350 e. The van der Waals surface area contributed by atoms with Gasteiger partial charge in [0, 0.05) is 32.2 Å². The summed E-state index contributed by atoms with van der Waals surface area (Å²) in [6.45, 7) is 13.1. The number of hydrogen-bond acceptors (Lipinski definition) is 4. The van der Waals surface area contributed by atoms with E-state index in [9.17, 15) is 18.0 Å². The van der Waals surface area contributed by atoms with E-state index in [1.807, 2.05) is 45.9 Å². The lowest BCUT2D eigenvalue weighted by atomic mass is 10.0. The number of nitrogens with zero attached hydrogens (tertiary/aromatic N) is 1. The molecule has 182 valence electrons. The smallest absolute Gasteiger partial charge is 0.223 e. The van der Waals surface area contributed by atoms with Gasteiger partial charge in [-0.15, -0.1) is 0 Å². The third kappa shape index (κ3) is 9.38. The molecule has 1 N–H and O–H groups in total. The van der Waals surface area contributed by atoms with Crippen LogP contribution in [0, 0.1) is 0 Å². The SMILES string of the molecule is C=C1CN(C(=O)CCC(=O)NC(C)c2ccc(S(C)(=O)=O)cc2)CCC/C1=C/C=C\C.CC. The van der Waals surface area contributed by atoms with Crippen LogP contribution in [0.25, 0.3) is 0 Å². The summed E-state index contributed by atoms with van der Waals surface area (Å²) in [5.74, 6) is -0.260. The van der Waals surface area contributed by atoms with Crippen LogP contribution in [0.15, 0.2) is 65.1 Å². The first kappa shape index (κ1) is 28.4. The third-order valence-electron chi connectivity index (χ3n) is 5.30. The van der Waals surface area contributed by atoms with Crippen molar-refractivity contribution in [2.75, 3.05) is 19.3 Å². The zero-order valence-corrected chi connectivity index (χ0v) is 21.4. The number of benzene rings is 1. The van der Waals surface area contributed by atoms with Crippen LogP contribution in [0.5, 0.6) is 0 Å². The Morgan fingerprint density at radius 2 is 1.82 bits per heavy atom. The molecule has 0 aromatic heterocycles. The molecule has 1 atom stereocenters. The number of nitrogens with one attached hydrogen (secondary N) is 1. The van der Waals surface area contributed by atoms with Gasteiger partial charge in [0.05, 0.1) is 10.9 Å². The molecule has 1 fully saturated rings. The molecule has 0 radical (unpaired) electrons. The van der Waals surface area contributed by atoms with Crippen molar-refractivity contribution in [1.29, 1.82) is 0 Å². The van der Waals surface area contributed by atoms with E-state index in [0.29, 0.717) is 13.1 Å². The van der Waals surface area contributed by atoms with Crippen molar-refractivity contribution >= 4 is 21.7 Å². The van der Waals surface area contributed by atoms with Crippen molar-refractivity contribution in [2.45, 2.75) is 64.3 Å². The van der Waals surface area contributed by atoms with Crippen molar-refractivity contribution in [2.24, 2.45) is 0 Å². The molecule has 0 saturated carbocycles. The Morgan fingerprint density at radius 3 is 2.39 bits per heavy atom. The average molecular weight is 475 g/mol. The molecular formula is C26H38N2O4S. The highest BCUT2D eigenvalue weighted by Crippen LogP contribution is 2.22. The van der Waals surface area contributed by atoms with Crippen molar-refractivity contribution < 1.29 is 18.0 Å². The average Bonchev–Trinajstić information content (AvgIpc) is 2.98. The second kappa shape index (κ2) is 13.8. The maximum Gasteiger partial charge on any atom is 0.223 e. The van der Waals surface area contributed by atoms with Crippen LogP contribution in [0.2, 0.25) is 0 Å². The summed E-state index contributed by atoms with van der Waals surface area (Å²) in [7, 11) is -3.25. The summed E-state index contributed by atoms with van der Waals surface area (Å²) in [5.41, 5.74) is 2.91. The molecule has 33 heavy (non-hydrogen) atoms. The molecule has 1 heterocycles. The van der Waals surface area contributed by atoms with Crippen molar-refractivity contribution in [3.05, 3.63) is 65.8 Å². The Hall–Kier alpha value is -2.67. The second-order valence-corrected chi connectivity index (χ2v) is 9.89. The molecule has 1 saturated heterocycles. The highest BCUT2D eigenvalue weighted by molar-refractivity contribution is 7.90. The van der Waals surface area contributed by atoms with Gasteiger partial charge in [0.1, 0.15) is 0 Å². The van der Waals surface area contributed by atoms with Gasteiger partial charge in [-0.2, -0.15) is 0 Å². The first-order chi connectivity index (χ1) is 15.6. The van der Waals surface area contributed by atoms with Gasteiger partial charge in [-0.1, -0.05) is 50.8 Å². The Labute approximate surface area is 199 Å². The van der Waals surface area contributed by atoms with Gasteiger partial charge in [-0.05, 0) is 55.5 Å². The van der Waals surface area contributed by atoms with Gasteiger partial charge in [0.25, 0.3) is 0 Å². The summed E-state index contributed by atoms with van der Waals surface area (Å²) in [5, 5.41) is 2.87. The van der Waals surface area contributed by atoms with Crippen LogP contribution in [0.3, 0.4) is 0 Å². The summed E-state index contributed by atoms with van der Waals surface area (Å²) in [6.07, 6.45) is 9.17. The summed E-state index contributed by atoms with van der Waals surface area (Å²) >= 11 is 0. The monoisotopic (exact) mass is 474 g/mol. The standard InChI is InChI=1S/C24H32N2O4S.C2H6/c1-5-6-8-20-9-7-16-26(17-18(20)2)24(28)15-14-23(27)25-19(3)21-10-12-22(13-11-21)31(4,29)30;1-2/h5-6,8,10-13,19H,2,7,9,14-17H2,1,3-4H3,(H,25,27);1-2H3/b6-5-,20-8-;. The zero-order valence-electron chi connectivity index (χ0n) is 20.6. The summed E-state index contributed by atoms with van der Waals surface area (Å²) < 4.78 is 23.1. The van der Waals surface area contributed by atoms with Crippen LogP contribution in [-0.2, 0) is 19.4 Å². The molecule has 7 heteroatoms. The number of carbonyl (C=O) groups excluding carboxylic acids is 2. The van der Waals surface area contributed by atoms with E-state index in [2.05, 4.69) is 11.9 Å². The van der Waals surface area contributed by atoms with Gasteiger partial charge in [-0.25, -0.2) is 8.42 Å². The number of hydrogen-bond donors (Lipinski definition) is 1. The lowest BCUT2D eigenvalue weighted by Gasteiger charge is -2.21. The molecule has 2 rings (SSSR count). The highest BCUT2D eigenvalue weighted by Gasteiger charge is 2.20. The minimum absolute atomic E-state index is 0.0475. The highest BCUT2D eigenvalue weighted by atomic mass is 32.2. The quantitative estimate of drug-likeness (QED) is 0.618. The van der Waals surface area contributed by atoms with E-state index in [-0.39, 0.29) is 35.6 Å². The van der Waals surface area contributed by atoms with E-state index >= 15 is 0 Å². The third-order valence-corrected chi connectivity index (χ3v) is 6.43. The molecule has 1 aromatic carbocycles. The molecule has 6 nitrogen and oxygen atoms in total. The van der Waals surface area contributed by atoms with Crippen molar-refractivity contribution in [1.82, 2.24) is 10.2 Å². The maximum absolute atomic E-state index is 12.6. The van der Waals surface area contributed by atoms with Crippen LogP contribution >= 0.6 is 0 Å². The lowest BCUT2D eigenvalue weighted by Crippen LogP contribution is -2.34. The molecule has 0 spiro atoms. The molecule has 1 unspecified atom stereocenters. The van der Waals surface area contributed by atoms with Gasteiger partial charge in [-0.3, -0.25) is 9.59 Å². The lowest BCUT2D eigenvalue weighted by molar-refractivity contribution is -0.133. The van der Waals surface area contributed by atoms with E-state index in [0.717, 1.165) is 30.2 Å². The van der Waals surface area contributed by atoms with E-state index in [1.165, 1.54) is 17.7 Å². The topological polar surface area (TPSA) is 83.6 Å². The summed E-state index contributed by atoms with van der Waals surface area (Å²) in [6, 6.07) is 6.15. The Kier molecular flexibility index (Phi) is 11.8. The normalized spacial score (nSPS) is 16.7. The Morgan fingerprint density at radius 1 is 1.18 bits per heavy atom. The maximum atomic E-state index is 12.6. The minimum atomic E-state index is -3.25. The summed E-state index contributed by atoms with van der Waals surface area (Å²) in [4.78, 5) is 27.0. The molecule has 1 aromatic rings. The fourth-order valence-electron chi connectivity index (χ4n) is 3.45. The molecule has 1 aliphatic heterocycles. The van der Waals surface area contributed by atoms with Crippen molar-refractivity contribution in [3.63, 3.8) is 0 Å². The first-order valence-electron chi connectivity index (χ1n) is 11.5. The van der Waals surface area contributed by atoms with Crippen LogP contribution in [-0.4, -0.2) is 44.5 Å². The molecule has 2 amide bonds. The largest absolute Gasteiger partial charge is 0.350 e. The fraction of sp³-hybridized carbons (Fsp3) is 0.462. The number of likely N-dealkylation sites (tertiary alicyclic amines) is 1. The van der Waals surface area contributed by atoms with Gasteiger partial charge >= 0.3 is 0 Å². The van der Waals surface area contributed by atoms with Gasteiger partial charge < -0.3 is 10.2 Å². The molecule has 0 aliphatic carbocycles. The number of amides is 2. The predicted molar refractivity (Wildman–Crippen MR) is 135 cm³/mol. The van der Waals surface area contributed by atoms with E-state index in [1.54, 1.807) is 17.0 Å². The number of carbonyl (C=O) groups is 2. The van der Waals surface area contributed by atoms with Crippen molar-refractivity contribution in [3.8, 4) is 0 Å². The van der Waals surface area contributed by atoms with E-state index in [4.69, 9.17) is 0 Å². The zero-order chi connectivity index (χ0) is 25.0. The Bertz CT molecular complexity index is 976. The fourth-order valence-corrected chi connectivity index (χ4v) is 4.08. The number of rotatable bonds is 7. The molecule has 0 bridgehead atoms. The molecule has 1 aliphatic rings. The van der Waals surface area contributed by atoms with Gasteiger partial charge in [0.2, 0.25) is 11.8 Å². The van der Waals surface area contributed by atoms with Gasteiger partial charge in [0.15, 0.2) is 9.84 Å². The number of sulfone groups is 1. The molecular weight excluding hydrogens is 436 g/mol. The second-order valence-electron chi connectivity index (χ2n) is 7.87. The van der Waals surface area contributed by atoms with Crippen LogP contribution < -0.4 is 5.32 Å². The first-order valence-corrected chi connectivity index (χ1v) is 13.4. The number of allylic oxidation sites excluding steroid dienone is 3.